The second-order valence-corrected chi connectivity index (χ2v) is 5.72. The number of nitrogens with two attached hydrogens (primary N) is 1. The van der Waals surface area contributed by atoms with Crippen molar-refractivity contribution < 1.29 is 0 Å². The van der Waals surface area contributed by atoms with Gasteiger partial charge >= 0.3 is 0 Å². The summed E-state index contributed by atoms with van der Waals surface area (Å²) in [6.07, 6.45) is 1.22. The highest BCUT2D eigenvalue weighted by molar-refractivity contribution is 5.46. The van der Waals surface area contributed by atoms with Crippen LogP contribution >= 0.6 is 0 Å². The van der Waals surface area contributed by atoms with Crippen LogP contribution in [-0.4, -0.2) is 16.0 Å². The molecule has 1 aliphatic rings. The molecule has 0 spiro atoms. The van der Waals surface area contributed by atoms with Crippen LogP contribution in [0.3, 0.4) is 0 Å². The van der Waals surface area contributed by atoms with Crippen LogP contribution < -0.4 is 11.1 Å². The van der Waals surface area contributed by atoms with E-state index in [4.69, 9.17) is 5.73 Å². The van der Waals surface area contributed by atoms with E-state index in [0.29, 0.717) is 11.9 Å². The molecule has 0 amide bonds. The average molecular weight is 220 g/mol. The Hall–Kier alpha value is -1.32. The van der Waals surface area contributed by atoms with Gasteiger partial charge in [-0.1, -0.05) is 27.7 Å². The summed E-state index contributed by atoms with van der Waals surface area (Å²) in [6, 6.07) is 2.36. The van der Waals surface area contributed by atoms with E-state index in [9.17, 15) is 0 Å². The molecule has 2 rings (SSSR count). The fourth-order valence-corrected chi connectivity index (χ4v) is 1.59. The first-order valence-electron chi connectivity index (χ1n) is 5.78. The first-order valence-corrected chi connectivity index (χ1v) is 5.78. The van der Waals surface area contributed by atoms with E-state index in [2.05, 4.69) is 43.0 Å². The Morgan fingerprint density at radius 1 is 1.38 bits per heavy atom. The lowest BCUT2D eigenvalue weighted by atomic mass is 9.96. The van der Waals surface area contributed by atoms with Gasteiger partial charge in [-0.15, -0.1) is 0 Å². The molecule has 3 N–H and O–H groups in total. The van der Waals surface area contributed by atoms with Gasteiger partial charge in [0.05, 0.1) is 0 Å². The van der Waals surface area contributed by atoms with E-state index in [1.54, 1.807) is 6.07 Å². The van der Waals surface area contributed by atoms with Crippen LogP contribution in [0.4, 0.5) is 11.6 Å². The van der Waals surface area contributed by atoms with Gasteiger partial charge in [-0.25, -0.2) is 9.97 Å². The van der Waals surface area contributed by atoms with Gasteiger partial charge in [0.2, 0.25) is 0 Å². The lowest BCUT2D eigenvalue weighted by Gasteiger charge is -2.18. The van der Waals surface area contributed by atoms with Crippen molar-refractivity contribution in [1.29, 1.82) is 0 Å². The fraction of sp³-hybridized carbons (Fsp3) is 0.667. The number of anilines is 2. The fourth-order valence-electron chi connectivity index (χ4n) is 1.59. The van der Waals surface area contributed by atoms with Gasteiger partial charge in [-0.05, 0) is 12.3 Å². The molecule has 4 nitrogen and oxygen atoms in total. The quantitative estimate of drug-likeness (QED) is 0.801. The number of rotatable bonds is 2. The number of nitrogen functional groups attached to an aromatic ring is 1. The van der Waals surface area contributed by atoms with Crippen LogP contribution in [0, 0.1) is 5.92 Å². The zero-order valence-corrected chi connectivity index (χ0v) is 10.4. The van der Waals surface area contributed by atoms with Gasteiger partial charge in [0.15, 0.2) is 0 Å². The number of hydrogen-bond donors (Lipinski definition) is 2. The van der Waals surface area contributed by atoms with Crippen molar-refractivity contribution in [2.45, 2.75) is 45.6 Å². The Balaban J connectivity index is 2.22. The summed E-state index contributed by atoms with van der Waals surface area (Å²) in [5.41, 5.74) is 5.73. The minimum atomic E-state index is -0.0685. The van der Waals surface area contributed by atoms with E-state index < -0.39 is 0 Å². The second kappa shape index (κ2) is 3.61. The summed E-state index contributed by atoms with van der Waals surface area (Å²) < 4.78 is 0. The summed E-state index contributed by atoms with van der Waals surface area (Å²) in [4.78, 5) is 8.80. The van der Waals surface area contributed by atoms with E-state index in [1.165, 1.54) is 6.42 Å². The van der Waals surface area contributed by atoms with Crippen molar-refractivity contribution in [3.63, 3.8) is 0 Å². The van der Waals surface area contributed by atoms with E-state index in [-0.39, 0.29) is 5.41 Å². The maximum absolute atomic E-state index is 5.80. The first kappa shape index (κ1) is 11.2. The lowest BCUT2D eigenvalue weighted by Crippen LogP contribution is -2.18. The van der Waals surface area contributed by atoms with Gasteiger partial charge in [-0.3, -0.25) is 0 Å². The highest BCUT2D eigenvalue weighted by atomic mass is 15.1. The van der Waals surface area contributed by atoms with Crippen LogP contribution in [0.1, 0.15) is 39.9 Å². The van der Waals surface area contributed by atoms with Crippen molar-refractivity contribution in [3.8, 4) is 0 Å². The predicted octanol–water partition coefficient (Wildman–Crippen LogP) is 2.18. The third-order valence-electron chi connectivity index (χ3n) is 2.86. The van der Waals surface area contributed by atoms with E-state index >= 15 is 0 Å². The zero-order valence-electron chi connectivity index (χ0n) is 10.4. The van der Waals surface area contributed by atoms with Crippen LogP contribution in [0.2, 0.25) is 0 Å². The molecular formula is C12H20N4. The molecule has 2 unspecified atom stereocenters. The van der Waals surface area contributed by atoms with Gasteiger partial charge in [-0.2, -0.15) is 0 Å². The summed E-state index contributed by atoms with van der Waals surface area (Å²) in [6.45, 7) is 8.49. The standard InChI is InChI=1S/C12H20N4/c1-7-5-8(7)14-10-6-9(13)15-11(16-10)12(2,3)4/h6-8H,5H2,1-4H3,(H3,13,14,15,16). The normalized spacial score (nSPS) is 24.2. The summed E-state index contributed by atoms with van der Waals surface area (Å²) >= 11 is 0. The van der Waals surface area contributed by atoms with Crippen molar-refractivity contribution in [3.05, 3.63) is 11.9 Å². The maximum Gasteiger partial charge on any atom is 0.138 e. The molecule has 1 saturated carbocycles. The van der Waals surface area contributed by atoms with Crippen molar-refractivity contribution in [2.24, 2.45) is 5.92 Å². The zero-order chi connectivity index (χ0) is 11.9. The minimum Gasteiger partial charge on any atom is -0.384 e. The van der Waals surface area contributed by atoms with Gasteiger partial charge < -0.3 is 11.1 Å². The molecule has 0 saturated heterocycles. The Bertz CT molecular complexity index is 394. The van der Waals surface area contributed by atoms with Gasteiger partial charge in [0.1, 0.15) is 17.5 Å². The van der Waals surface area contributed by atoms with E-state index in [1.807, 2.05) is 0 Å². The summed E-state index contributed by atoms with van der Waals surface area (Å²) in [5.74, 6) is 2.93. The molecule has 1 heterocycles. The molecule has 1 aromatic heterocycles. The van der Waals surface area contributed by atoms with Crippen molar-refractivity contribution in [1.82, 2.24) is 9.97 Å². The number of hydrogen-bond acceptors (Lipinski definition) is 4. The first-order chi connectivity index (χ1) is 7.36. The highest BCUT2D eigenvalue weighted by Crippen LogP contribution is 2.32. The number of aromatic nitrogens is 2. The van der Waals surface area contributed by atoms with Crippen molar-refractivity contribution >= 4 is 11.6 Å². The van der Waals surface area contributed by atoms with Crippen LogP contribution in [0.25, 0.3) is 0 Å². The molecular weight excluding hydrogens is 200 g/mol. The molecule has 1 aromatic rings. The molecule has 0 radical (unpaired) electrons. The molecule has 4 heteroatoms. The molecule has 16 heavy (non-hydrogen) atoms. The third kappa shape index (κ3) is 2.43. The molecule has 1 aliphatic carbocycles. The van der Waals surface area contributed by atoms with Gasteiger partial charge in [0.25, 0.3) is 0 Å². The minimum absolute atomic E-state index is 0.0685. The average Bonchev–Trinajstić information content (AvgIpc) is 2.79. The largest absolute Gasteiger partial charge is 0.384 e. The molecule has 2 atom stereocenters. The van der Waals surface area contributed by atoms with Crippen LogP contribution in [0.5, 0.6) is 0 Å². The molecule has 0 aromatic carbocycles. The summed E-state index contributed by atoms with van der Waals surface area (Å²) in [5, 5.41) is 3.39. The second-order valence-electron chi connectivity index (χ2n) is 5.72. The topological polar surface area (TPSA) is 63.8 Å². The molecule has 88 valence electrons. The number of nitrogens with zero attached hydrogens (tertiary/aromatic N) is 2. The molecule has 0 bridgehead atoms. The molecule has 0 aliphatic heterocycles. The Morgan fingerprint density at radius 3 is 2.50 bits per heavy atom. The Morgan fingerprint density at radius 2 is 2.00 bits per heavy atom. The monoisotopic (exact) mass is 220 g/mol. The third-order valence-corrected chi connectivity index (χ3v) is 2.86. The SMILES string of the molecule is CC1CC1Nc1cc(N)nc(C(C)(C)C)n1. The highest BCUT2D eigenvalue weighted by Gasteiger charge is 2.33. The van der Waals surface area contributed by atoms with Crippen LogP contribution in [0.15, 0.2) is 6.07 Å². The lowest BCUT2D eigenvalue weighted by molar-refractivity contribution is 0.547. The van der Waals surface area contributed by atoms with Crippen LogP contribution in [-0.2, 0) is 5.41 Å². The maximum atomic E-state index is 5.80. The summed E-state index contributed by atoms with van der Waals surface area (Å²) in [7, 11) is 0. The van der Waals surface area contributed by atoms with Gasteiger partial charge in [0, 0.05) is 17.5 Å². The van der Waals surface area contributed by atoms with E-state index in [0.717, 1.165) is 17.6 Å². The predicted molar refractivity (Wildman–Crippen MR) is 66.3 cm³/mol. The van der Waals surface area contributed by atoms with Crippen molar-refractivity contribution in [2.75, 3.05) is 11.1 Å². The Kier molecular flexibility index (Phi) is 2.52. The number of nitrogens with one attached hydrogen (secondary N) is 1. The smallest absolute Gasteiger partial charge is 0.138 e. The Labute approximate surface area is 96.7 Å². The molecule has 1 fully saturated rings.